The molecule has 0 aromatic carbocycles. The van der Waals surface area contributed by atoms with Crippen LogP contribution < -0.4 is 0 Å². The van der Waals surface area contributed by atoms with E-state index in [1.807, 2.05) is 6.92 Å². The number of nitrogens with zero attached hydrogens (tertiary/aromatic N) is 1. The standard InChI is InChI=1S/C7H13NO2S/c1-4-10-7(9)8-6(3)11-5-2/h4-5H2,1-3H3. The minimum atomic E-state index is -0.494. The van der Waals surface area contributed by atoms with E-state index in [9.17, 15) is 4.79 Å². The fourth-order valence-corrected chi connectivity index (χ4v) is 1.08. The van der Waals surface area contributed by atoms with Crippen molar-refractivity contribution in [3.05, 3.63) is 0 Å². The summed E-state index contributed by atoms with van der Waals surface area (Å²) in [6.07, 6.45) is -0.494. The van der Waals surface area contributed by atoms with Gasteiger partial charge in [0.2, 0.25) is 0 Å². The van der Waals surface area contributed by atoms with Crippen LogP contribution in [-0.4, -0.2) is 23.5 Å². The van der Waals surface area contributed by atoms with E-state index < -0.39 is 6.09 Å². The van der Waals surface area contributed by atoms with Crippen molar-refractivity contribution in [2.75, 3.05) is 12.4 Å². The highest BCUT2D eigenvalue weighted by Gasteiger charge is 1.97. The molecule has 0 saturated heterocycles. The molecule has 0 heterocycles. The highest BCUT2D eigenvalue weighted by atomic mass is 32.2. The highest BCUT2D eigenvalue weighted by Crippen LogP contribution is 2.02. The SMILES string of the molecule is CCOC(=O)N=C(C)SCC. The maximum absolute atomic E-state index is 10.7. The number of carbonyl (C=O) groups is 1. The van der Waals surface area contributed by atoms with Gasteiger partial charge < -0.3 is 4.74 Å². The van der Waals surface area contributed by atoms with Gasteiger partial charge in [-0.3, -0.25) is 0 Å². The first-order chi connectivity index (χ1) is 5.20. The smallest absolute Gasteiger partial charge is 0.434 e. The monoisotopic (exact) mass is 175 g/mol. The van der Waals surface area contributed by atoms with Gasteiger partial charge in [0, 0.05) is 0 Å². The minimum Gasteiger partial charge on any atom is -0.448 e. The summed E-state index contributed by atoms with van der Waals surface area (Å²) in [5.41, 5.74) is 0. The molecule has 64 valence electrons. The first-order valence-electron chi connectivity index (χ1n) is 3.55. The van der Waals surface area contributed by atoms with Crippen molar-refractivity contribution in [2.45, 2.75) is 20.8 Å². The number of carbonyl (C=O) groups excluding carboxylic acids is 1. The maximum Gasteiger partial charge on any atom is 0.434 e. The quantitative estimate of drug-likeness (QED) is 0.477. The van der Waals surface area contributed by atoms with Crippen LogP contribution in [-0.2, 0) is 4.74 Å². The van der Waals surface area contributed by atoms with Crippen molar-refractivity contribution in [3.8, 4) is 0 Å². The Balaban J connectivity index is 3.76. The van der Waals surface area contributed by atoms with Crippen molar-refractivity contribution in [2.24, 2.45) is 4.99 Å². The molecule has 0 aromatic rings. The van der Waals surface area contributed by atoms with E-state index in [0.717, 1.165) is 10.8 Å². The van der Waals surface area contributed by atoms with Gasteiger partial charge in [0.1, 0.15) is 0 Å². The Bertz CT molecular complexity index is 157. The van der Waals surface area contributed by atoms with Crippen molar-refractivity contribution in [3.63, 3.8) is 0 Å². The average Bonchev–Trinajstić information content (AvgIpc) is 1.87. The number of aliphatic imine (C=N–C) groups is 1. The fraction of sp³-hybridized carbons (Fsp3) is 0.714. The van der Waals surface area contributed by atoms with Crippen LogP contribution in [0.15, 0.2) is 4.99 Å². The molecule has 1 amide bonds. The Hall–Kier alpha value is -0.510. The van der Waals surface area contributed by atoms with Gasteiger partial charge in [-0.2, -0.15) is 4.99 Å². The molecule has 0 rings (SSSR count). The van der Waals surface area contributed by atoms with Gasteiger partial charge in [0.25, 0.3) is 0 Å². The predicted molar refractivity (Wildman–Crippen MR) is 48.3 cm³/mol. The maximum atomic E-state index is 10.7. The molecule has 0 unspecified atom stereocenters. The summed E-state index contributed by atoms with van der Waals surface area (Å²) >= 11 is 1.53. The van der Waals surface area contributed by atoms with E-state index >= 15 is 0 Å². The second-order valence-corrected chi connectivity index (χ2v) is 3.22. The predicted octanol–water partition coefficient (Wildman–Crippen LogP) is 2.31. The first kappa shape index (κ1) is 10.5. The summed E-state index contributed by atoms with van der Waals surface area (Å²) in [4.78, 5) is 14.4. The number of hydrogen-bond donors (Lipinski definition) is 0. The van der Waals surface area contributed by atoms with Crippen molar-refractivity contribution >= 4 is 22.9 Å². The van der Waals surface area contributed by atoms with Gasteiger partial charge in [-0.1, -0.05) is 6.92 Å². The molecule has 0 atom stereocenters. The molecular formula is C7H13NO2S. The Morgan fingerprint density at radius 2 is 2.18 bits per heavy atom. The number of rotatable bonds is 2. The van der Waals surface area contributed by atoms with Crippen LogP contribution in [0, 0.1) is 0 Å². The van der Waals surface area contributed by atoms with Crippen molar-refractivity contribution < 1.29 is 9.53 Å². The van der Waals surface area contributed by atoms with Gasteiger partial charge in [0.05, 0.1) is 11.7 Å². The first-order valence-corrected chi connectivity index (χ1v) is 4.54. The summed E-state index contributed by atoms with van der Waals surface area (Å²) in [6.45, 7) is 5.95. The lowest BCUT2D eigenvalue weighted by molar-refractivity contribution is 0.163. The van der Waals surface area contributed by atoms with E-state index in [1.165, 1.54) is 11.8 Å². The van der Waals surface area contributed by atoms with Gasteiger partial charge in [0.15, 0.2) is 0 Å². The largest absolute Gasteiger partial charge is 0.448 e. The summed E-state index contributed by atoms with van der Waals surface area (Å²) in [6, 6.07) is 0. The second-order valence-electron chi connectivity index (χ2n) is 1.76. The second kappa shape index (κ2) is 6.22. The molecule has 4 heteroatoms. The molecule has 3 nitrogen and oxygen atoms in total. The Morgan fingerprint density at radius 3 is 2.64 bits per heavy atom. The Kier molecular flexibility index (Phi) is 5.93. The van der Waals surface area contributed by atoms with Crippen molar-refractivity contribution in [1.82, 2.24) is 0 Å². The molecule has 0 bridgehead atoms. The molecule has 11 heavy (non-hydrogen) atoms. The molecule has 0 radical (unpaired) electrons. The Morgan fingerprint density at radius 1 is 1.55 bits per heavy atom. The van der Waals surface area contributed by atoms with E-state index in [-0.39, 0.29) is 0 Å². The molecule has 0 aromatic heterocycles. The minimum absolute atomic E-state index is 0.381. The summed E-state index contributed by atoms with van der Waals surface area (Å²) < 4.78 is 4.62. The number of hydrogen-bond acceptors (Lipinski definition) is 3. The summed E-state index contributed by atoms with van der Waals surface area (Å²) in [5.74, 6) is 0.925. The van der Waals surface area contributed by atoms with Gasteiger partial charge in [-0.15, -0.1) is 11.8 Å². The third kappa shape index (κ3) is 5.91. The van der Waals surface area contributed by atoms with Crippen LogP contribution in [0.2, 0.25) is 0 Å². The number of amides is 1. The lowest BCUT2D eigenvalue weighted by Crippen LogP contribution is -2.00. The van der Waals surface area contributed by atoms with Crippen molar-refractivity contribution in [1.29, 1.82) is 0 Å². The lowest BCUT2D eigenvalue weighted by Gasteiger charge is -1.96. The molecule has 0 saturated carbocycles. The molecule has 0 N–H and O–H groups in total. The van der Waals surface area contributed by atoms with Crippen LogP contribution in [0.3, 0.4) is 0 Å². The van der Waals surface area contributed by atoms with Crippen LogP contribution in [0.25, 0.3) is 0 Å². The highest BCUT2D eigenvalue weighted by molar-refractivity contribution is 8.13. The third-order valence-corrected chi connectivity index (χ3v) is 1.67. The third-order valence-electron chi connectivity index (χ3n) is 0.870. The zero-order chi connectivity index (χ0) is 8.69. The number of ether oxygens (including phenoxy) is 1. The van der Waals surface area contributed by atoms with Crippen LogP contribution in [0.4, 0.5) is 4.79 Å². The molecule has 0 fully saturated rings. The molecule has 0 aliphatic heterocycles. The Labute approximate surface area is 71.2 Å². The number of thioether (sulfide) groups is 1. The van der Waals surface area contributed by atoms with Gasteiger partial charge >= 0.3 is 6.09 Å². The van der Waals surface area contributed by atoms with Gasteiger partial charge in [-0.05, 0) is 19.6 Å². The van der Waals surface area contributed by atoms with Crippen LogP contribution in [0.5, 0.6) is 0 Å². The van der Waals surface area contributed by atoms with E-state index in [0.29, 0.717) is 6.61 Å². The molecule has 0 aliphatic carbocycles. The molecular weight excluding hydrogens is 162 g/mol. The average molecular weight is 175 g/mol. The van der Waals surface area contributed by atoms with E-state index in [2.05, 4.69) is 9.73 Å². The molecule has 0 spiro atoms. The lowest BCUT2D eigenvalue weighted by atomic mass is 10.8. The van der Waals surface area contributed by atoms with Crippen LogP contribution in [0.1, 0.15) is 20.8 Å². The zero-order valence-corrected chi connectivity index (χ0v) is 7.90. The fourth-order valence-electron chi connectivity index (χ4n) is 0.525. The van der Waals surface area contributed by atoms with E-state index in [1.54, 1.807) is 13.8 Å². The molecule has 0 aliphatic rings. The zero-order valence-electron chi connectivity index (χ0n) is 7.09. The summed E-state index contributed by atoms with van der Waals surface area (Å²) in [7, 11) is 0. The van der Waals surface area contributed by atoms with E-state index in [4.69, 9.17) is 0 Å². The van der Waals surface area contributed by atoms with Crippen LogP contribution >= 0.6 is 11.8 Å². The normalized spacial score (nSPS) is 11.4. The summed E-state index contributed by atoms with van der Waals surface area (Å²) in [5, 5.41) is 0.756. The van der Waals surface area contributed by atoms with Gasteiger partial charge in [-0.25, -0.2) is 4.79 Å². The topological polar surface area (TPSA) is 38.7 Å².